The van der Waals surface area contributed by atoms with Crippen molar-refractivity contribution in [2.24, 2.45) is 0 Å². The highest BCUT2D eigenvalue weighted by Crippen LogP contribution is 2.28. The van der Waals surface area contributed by atoms with Gasteiger partial charge in [0.15, 0.2) is 5.82 Å². The van der Waals surface area contributed by atoms with Gasteiger partial charge in [-0.05, 0) is 18.2 Å². The van der Waals surface area contributed by atoms with E-state index in [0.717, 1.165) is 11.3 Å². The molecule has 0 aliphatic rings. The standard InChI is InChI=1S/C16H14Cl2FNO/c1-2-7-21-15-6-4-3-5-11(15)10-20-12-8-13(17)16(19)14(18)9-12/h2-6,8-9,20H,1,7,10H2. The van der Waals surface area contributed by atoms with Gasteiger partial charge in [-0.25, -0.2) is 4.39 Å². The van der Waals surface area contributed by atoms with Crippen LogP contribution in [-0.4, -0.2) is 6.61 Å². The molecule has 2 aromatic rings. The van der Waals surface area contributed by atoms with Gasteiger partial charge in [0, 0.05) is 17.8 Å². The summed E-state index contributed by atoms with van der Waals surface area (Å²) in [5.74, 6) is 0.155. The van der Waals surface area contributed by atoms with E-state index in [-0.39, 0.29) is 10.0 Å². The summed E-state index contributed by atoms with van der Waals surface area (Å²) in [4.78, 5) is 0. The number of hydrogen-bond donors (Lipinski definition) is 1. The third-order valence-corrected chi connectivity index (χ3v) is 3.35. The van der Waals surface area contributed by atoms with E-state index in [2.05, 4.69) is 11.9 Å². The fraction of sp³-hybridized carbons (Fsp3) is 0.125. The molecule has 2 nitrogen and oxygen atoms in total. The van der Waals surface area contributed by atoms with Crippen LogP contribution in [0.15, 0.2) is 49.1 Å². The smallest absolute Gasteiger partial charge is 0.160 e. The van der Waals surface area contributed by atoms with Gasteiger partial charge in [0.1, 0.15) is 12.4 Å². The van der Waals surface area contributed by atoms with Crippen LogP contribution in [0.2, 0.25) is 10.0 Å². The molecule has 0 saturated carbocycles. The summed E-state index contributed by atoms with van der Waals surface area (Å²) in [5, 5.41) is 3.12. The van der Waals surface area contributed by atoms with Crippen molar-refractivity contribution in [3.05, 3.63) is 70.5 Å². The number of ether oxygens (including phenoxy) is 1. The lowest BCUT2D eigenvalue weighted by Crippen LogP contribution is -2.03. The minimum Gasteiger partial charge on any atom is -0.489 e. The topological polar surface area (TPSA) is 21.3 Å². The van der Waals surface area contributed by atoms with Crippen molar-refractivity contribution in [2.75, 3.05) is 11.9 Å². The highest BCUT2D eigenvalue weighted by atomic mass is 35.5. The van der Waals surface area contributed by atoms with Gasteiger partial charge < -0.3 is 10.1 Å². The largest absolute Gasteiger partial charge is 0.489 e. The number of halogens is 3. The average Bonchev–Trinajstić information content (AvgIpc) is 2.49. The molecule has 0 aromatic heterocycles. The number of nitrogens with one attached hydrogen (secondary N) is 1. The maximum atomic E-state index is 13.4. The first-order chi connectivity index (χ1) is 10.1. The monoisotopic (exact) mass is 325 g/mol. The van der Waals surface area contributed by atoms with Gasteiger partial charge in [-0.3, -0.25) is 0 Å². The zero-order valence-corrected chi connectivity index (χ0v) is 12.7. The highest BCUT2D eigenvalue weighted by Gasteiger charge is 2.08. The second-order valence-corrected chi connectivity index (χ2v) is 5.13. The normalized spacial score (nSPS) is 10.2. The molecular formula is C16H14Cl2FNO. The minimum absolute atomic E-state index is 0.0128. The van der Waals surface area contributed by atoms with Crippen LogP contribution in [0.5, 0.6) is 5.75 Å². The summed E-state index contributed by atoms with van der Waals surface area (Å²) < 4.78 is 18.9. The van der Waals surface area contributed by atoms with E-state index in [0.29, 0.717) is 18.8 Å². The van der Waals surface area contributed by atoms with E-state index in [1.165, 1.54) is 12.1 Å². The van der Waals surface area contributed by atoms with Crippen LogP contribution in [0.4, 0.5) is 10.1 Å². The quantitative estimate of drug-likeness (QED) is 0.574. The molecule has 0 atom stereocenters. The Kier molecular flexibility index (Phi) is 5.48. The molecule has 0 aliphatic carbocycles. The van der Waals surface area contributed by atoms with Crippen molar-refractivity contribution in [1.82, 2.24) is 0 Å². The predicted octanol–water partition coefficient (Wildman–Crippen LogP) is 5.31. The van der Waals surface area contributed by atoms with E-state index >= 15 is 0 Å². The lowest BCUT2D eigenvalue weighted by atomic mass is 10.2. The molecule has 2 rings (SSSR count). The molecule has 0 unspecified atom stereocenters. The Morgan fingerprint density at radius 1 is 1.19 bits per heavy atom. The van der Waals surface area contributed by atoms with Crippen LogP contribution in [0, 0.1) is 5.82 Å². The maximum Gasteiger partial charge on any atom is 0.160 e. The van der Waals surface area contributed by atoms with Crippen molar-refractivity contribution >= 4 is 28.9 Å². The van der Waals surface area contributed by atoms with Crippen LogP contribution in [0.25, 0.3) is 0 Å². The molecule has 0 amide bonds. The molecule has 5 heteroatoms. The Bertz CT molecular complexity index is 623. The number of anilines is 1. The molecule has 0 heterocycles. The Balaban J connectivity index is 2.11. The Labute approximate surface area is 133 Å². The average molecular weight is 326 g/mol. The molecule has 0 spiro atoms. The van der Waals surface area contributed by atoms with E-state index in [1.54, 1.807) is 6.08 Å². The van der Waals surface area contributed by atoms with E-state index in [4.69, 9.17) is 27.9 Å². The van der Waals surface area contributed by atoms with Crippen LogP contribution in [0.3, 0.4) is 0 Å². The summed E-state index contributed by atoms with van der Waals surface area (Å²) >= 11 is 11.5. The third-order valence-electron chi connectivity index (χ3n) is 2.80. The Morgan fingerprint density at radius 2 is 1.86 bits per heavy atom. The molecule has 110 valence electrons. The second kappa shape index (κ2) is 7.34. The molecule has 0 aliphatic heterocycles. The van der Waals surface area contributed by atoms with Gasteiger partial charge >= 0.3 is 0 Å². The summed E-state index contributed by atoms with van der Waals surface area (Å²) in [7, 11) is 0. The molecule has 0 bridgehead atoms. The molecular weight excluding hydrogens is 312 g/mol. The van der Waals surface area contributed by atoms with Gasteiger partial charge in [0.05, 0.1) is 10.0 Å². The molecule has 1 N–H and O–H groups in total. The SMILES string of the molecule is C=CCOc1ccccc1CNc1cc(Cl)c(F)c(Cl)c1. The minimum atomic E-state index is -0.612. The zero-order valence-electron chi connectivity index (χ0n) is 11.2. The van der Waals surface area contributed by atoms with E-state index in [9.17, 15) is 4.39 Å². The lowest BCUT2D eigenvalue weighted by Gasteiger charge is -2.12. The first kappa shape index (κ1) is 15.7. The molecule has 0 saturated heterocycles. The van der Waals surface area contributed by atoms with Gasteiger partial charge in [0.25, 0.3) is 0 Å². The number of rotatable bonds is 6. The lowest BCUT2D eigenvalue weighted by molar-refractivity contribution is 0.359. The molecule has 2 aromatic carbocycles. The van der Waals surface area contributed by atoms with Gasteiger partial charge in [0.2, 0.25) is 0 Å². The predicted molar refractivity (Wildman–Crippen MR) is 85.9 cm³/mol. The van der Waals surface area contributed by atoms with Crippen LogP contribution in [0.1, 0.15) is 5.56 Å². The van der Waals surface area contributed by atoms with Crippen molar-refractivity contribution in [1.29, 1.82) is 0 Å². The highest BCUT2D eigenvalue weighted by molar-refractivity contribution is 6.35. The number of hydrogen-bond acceptors (Lipinski definition) is 2. The van der Waals surface area contributed by atoms with E-state index in [1.807, 2.05) is 24.3 Å². The van der Waals surface area contributed by atoms with Gasteiger partial charge in [-0.2, -0.15) is 0 Å². The molecule has 0 fully saturated rings. The van der Waals surface area contributed by atoms with Crippen LogP contribution in [-0.2, 0) is 6.54 Å². The zero-order chi connectivity index (χ0) is 15.2. The summed E-state index contributed by atoms with van der Waals surface area (Å²) in [6.07, 6.45) is 1.68. The van der Waals surface area contributed by atoms with Gasteiger partial charge in [-0.15, -0.1) is 0 Å². The molecule has 21 heavy (non-hydrogen) atoms. The maximum absolute atomic E-state index is 13.4. The Morgan fingerprint density at radius 3 is 2.52 bits per heavy atom. The number of para-hydroxylation sites is 1. The van der Waals surface area contributed by atoms with Crippen LogP contribution >= 0.6 is 23.2 Å². The fourth-order valence-electron chi connectivity index (χ4n) is 1.79. The van der Waals surface area contributed by atoms with Crippen molar-refractivity contribution in [3.63, 3.8) is 0 Å². The van der Waals surface area contributed by atoms with Crippen LogP contribution < -0.4 is 10.1 Å². The summed E-state index contributed by atoms with van der Waals surface area (Å²) in [6.45, 7) is 4.56. The van der Waals surface area contributed by atoms with Gasteiger partial charge in [-0.1, -0.05) is 54.1 Å². The van der Waals surface area contributed by atoms with Crippen molar-refractivity contribution in [3.8, 4) is 5.75 Å². The second-order valence-electron chi connectivity index (χ2n) is 4.31. The van der Waals surface area contributed by atoms with E-state index < -0.39 is 5.82 Å². The first-order valence-corrected chi connectivity index (χ1v) is 7.07. The fourth-order valence-corrected chi connectivity index (χ4v) is 2.28. The number of benzene rings is 2. The first-order valence-electron chi connectivity index (χ1n) is 6.32. The summed E-state index contributed by atoms with van der Waals surface area (Å²) in [6, 6.07) is 10.6. The van der Waals surface area contributed by atoms with Crippen molar-refractivity contribution < 1.29 is 9.13 Å². The third kappa shape index (κ3) is 4.13. The summed E-state index contributed by atoms with van der Waals surface area (Å²) in [5.41, 5.74) is 1.61. The molecule has 0 radical (unpaired) electrons. The van der Waals surface area contributed by atoms with Crippen molar-refractivity contribution in [2.45, 2.75) is 6.54 Å². The Hall–Kier alpha value is -1.71.